The van der Waals surface area contributed by atoms with Crippen molar-refractivity contribution in [2.45, 2.75) is 55.4 Å². The maximum Gasteiger partial charge on any atom is 0.308 e. The Kier molecular flexibility index (Phi) is 6.68. The van der Waals surface area contributed by atoms with Gasteiger partial charge in [-0.25, -0.2) is 16.8 Å². The van der Waals surface area contributed by atoms with Crippen molar-refractivity contribution in [3.63, 3.8) is 0 Å². The van der Waals surface area contributed by atoms with Crippen LogP contribution in [0.2, 0.25) is 0 Å². The smallest absolute Gasteiger partial charge is 0.296 e. The molecule has 0 atom stereocenters. The maximum atomic E-state index is 12.9. The number of nitrogens with one attached hydrogen (secondary N) is 1. The molecule has 33 heavy (non-hydrogen) atoms. The van der Waals surface area contributed by atoms with E-state index in [0.717, 1.165) is 37.0 Å². The highest BCUT2D eigenvalue weighted by Crippen LogP contribution is 2.26. The second-order valence-electron chi connectivity index (χ2n) is 8.41. The van der Waals surface area contributed by atoms with Crippen LogP contribution in [0, 0.1) is 0 Å². The van der Waals surface area contributed by atoms with Crippen molar-refractivity contribution in [1.29, 1.82) is 0 Å². The monoisotopic (exact) mass is 509 g/mol. The summed E-state index contributed by atoms with van der Waals surface area (Å²) in [5, 5.41) is 0. The average Bonchev–Trinajstić information content (AvgIpc) is 2.91. The molecule has 2 aromatic carbocycles. The van der Waals surface area contributed by atoms with Crippen molar-refractivity contribution in [3.05, 3.63) is 52.1 Å². The average molecular weight is 510 g/mol. The Morgan fingerprint density at radius 1 is 0.879 bits per heavy atom. The van der Waals surface area contributed by atoms with E-state index in [2.05, 4.69) is 4.72 Å². The van der Waals surface area contributed by atoms with E-state index >= 15 is 0 Å². The van der Waals surface area contributed by atoms with E-state index in [0.29, 0.717) is 23.3 Å². The van der Waals surface area contributed by atoms with Gasteiger partial charge in [0.2, 0.25) is 10.0 Å². The Morgan fingerprint density at radius 3 is 2.09 bits per heavy atom. The third kappa shape index (κ3) is 4.86. The van der Waals surface area contributed by atoms with Gasteiger partial charge >= 0.3 is 4.87 Å². The Balaban J connectivity index is 1.57. The fraction of sp³-hybridized carbons (Fsp3) is 0.409. The van der Waals surface area contributed by atoms with Gasteiger partial charge in [-0.2, -0.15) is 4.31 Å². The molecule has 0 unspecified atom stereocenters. The number of fused-ring (bicyclic) bond motifs is 1. The van der Waals surface area contributed by atoms with E-state index in [1.807, 2.05) is 13.8 Å². The molecule has 0 spiro atoms. The first-order chi connectivity index (χ1) is 15.6. The second-order valence-corrected chi connectivity index (χ2v) is 13.0. The van der Waals surface area contributed by atoms with Gasteiger partial charge in [-0.1, -0.05) is 24.2 Å². The van der Waals surface area contributed by atoms with E-state index < -0.39 is 20.0 Å². The summed E-state index contributed by atoms with van der Waals surface area (Å²) in [6.45, 7) is 4.81. The van der Waals surface area contributed by atoms with Crippen molar-refractivity contribution in [2.24, 2.45) is 0 Å². The molecule has 2 heterocycles. The molecule has 4 rings (SSSR count). The lowest BCUT2D eigenvalue weighted by atomic mass is 10.2. The van der Waals surface area contributed by atoms with Crippen molar-refractivity contribution in [2.75, 3.05) is 17.8 Å². The topological polar surface area (TPSA) is 106 Å². The summed E-state index contributed by atoms with van der Waals surface area (Å²) in [4.78, 5) is 12.3. The molecule has 0 radical (unpaired) electrons. The van der Waals surface area contributed by atoms with Crippen molar-refractivity contribution < 1.29 is 16.8 Å². The molecule has 8 nitrogen and oxygen atoms in total. The zero-order valence-corrected chi connectivity index (χ0v) is 21.0. The number of anilines is 1. The van der Waals surface area contributed by atoms with Gasteiger partial charge in [-0.05, 0) is 69.2 Å². The highest BCUT2D eigenvalue weighted by Gasteiger charge is 2.25. The Bertz CT molecular complexity index is 1410. The van der Waals surface area contributed by atoms with Gasteiger partial charge in [0.15, 0.2) is 0 Å². The van der Waals surface area contributed by atoms with Gasteiger partial charge in [0.25, 0.3) is 10.0 Å². The van der Waals surface area contributed by atoms with E-state index in [1.165, 1.54) is 40.7 Å². The third-order valence-corrected chi connectivity index (χ3v) is 9.93. The zero-order valence-electron chi connectivity index (χ0n) is 18.5. The fourth-order valence-corrected chi connectivity index (χ4v) is 7.74. The van der Waals surface area contributed by atoms with Crippen LogP contribution in [-0.2, 0) is 20.0 Å². The summed E-state index contributed by atoms with van der Waals surface area (Å²) in [6, 6.07) is 10.3. The van der Waals surface area contributed by atoms with Gasteiger partial charge in [0, 0.05) is 24.8 Å². The molecular formula is C22H27N3O5S3. The number of nitrogens with zero attached hydrogens (tertiary/aromatic N) is 2. The molecule has 1 fully saturated rings. The number of sulfonamides is 2. The second kappa shape index (κ2) is 9.21. The standard InChI is InChI=1S/C22H27N3O5S3/c1-16(2)25-20-12-11-19(15-21(20)31-22(25)26)32(27,28)23-17-7-9-18(10-8-17)33(29,30)24-13-5-3-4-6-14-24/h7-12,15-16,23H,3-6,13-14H2,1-2H3. The number of benzene rings is 2. The molecule has 1 aromatic heterocycles. The Labute approximate surface area is 198 Å². The molecule has 1 N–H and O–H groups in total. The van der Waals surface area contributed by atoms with Gasteiger partial charge in [-0.3, -0.25) is 14.1 Å². The molecule has 1 aliphatic heterocycles. The minimum Gasteiger partial charge on any atom is -0.296 e. The number of rotatable bonds is 6. The summed E-state index contributed by atoms with van der Waals surface area (Å²) in [6.07, 6.45) is 3.74. The van der Waals surface area contributed by atoms with Crippen LogP contribution in [0.5, 0.6) is 0 Å². The summed E-state index contributed by atoms with van der Waals surface area (Å²) < 4.78 is 57.9. The largest absolute Gasteiger partial charge is 0.308 e. The highest BCUT2D eigenvalue weighted by molar-refractivity contribution is 7.92. The minimum atomic E-state index is -3.92. The quantitative estimate of drug-likeness (QED) is 0.541. The summed E-state index contributed by atoms with van der Waals surface area (Å²) in [7, 11) is -7.52. The van der Waals surface area contributed by atoms with Crippen LogP contribution in [0.15, 0.2) is 57.1 Å². The van der Waals surface area contributed by atoms with E-state index in [9.17, 15) is 21.6 Å². The van der Waals surface area contributed by atoms with Crippen molar-refractivity contribution in [3.8, 4) is 0 Å². The molecule has 0 aliphatic carbocycles. The summed E-state index contributed by atoms with van der Waals surface area (Å²) >= 11 is 1.01. The lowest BCUT2D eigenvalue weighted by molar-refractivity contribution is 0.424. The lowest BCUT2D eigenvalue weighted by Crippen LogP contribution is -2.31. The van der Waals surface area contributed by atoms with Crippen LogP contribution in [0.3, 0.4) is 0 Å². The molecule has 0 amide bonds. The third-order valence-electron chi connectivity index (χ3n) is 5.72. The summed E-state index contributed by atoms with van der Waals surface area (Å²) in [5.74, 6) is 0. The number of aromatic nitrogens is 1. The predicted octanol–water partition coefficient (Wildman–Crippen LogP) is 4.01. The van der Waals surface area contributed by atoms with E-state index in [1.54, 1.807) is 10.6 Å². The van der Waals surface area contributed by atoms with E-state index in [4.69, 9.17) is 0 Å². The first kappa shape index (κ1) is 23.9. The first-order valence-corrected chi connectivity index (χ1v) is 14.6. The highest BCUT2D eigenvalue weighted by atomic mass is 32.2. The van der Waals surface area contributed by atoms with Crippen LogP contribution in [0.25, 0.3) is 10.2 Å². The van der Waals surface area contributed by atoms with Gasteiger partial charge in [0.05, 0.1) is 20.0 Å². The molecular weight excluding hydrogens is 482 g/mol. The predicted molar refractivity (Wildman–Crippen MR) is 131 cm³/mol. The number of hydrogen-bond donors (Lipinski definition) is 1. The van der Waals surface area contributed by atoms with Crippen LogP contribution < -0.4 is 9.60 Å². The molecule has 0 bridgehead atoms. The normalized spacial score (nSPS) is 16.2. The zero-order chi connectivity index (χ0) is 23.8. The van der Waals surface area contributed by atoms with Crippen LogP contribution in [-0.4, -0.2) is 38.8 Å². The number of thiazole rings is 1. The lowest BCUT2D eigenvalue weighted by Gasteiger charge is -2.20. The van der Waals surface area contributed by atoms with Gasteiger partial charge in [0.1, 0.15) is 0 Å². The molecule has 11 heteroatoms. The summed E-state index contributed by atoms with van der Waals surface area (Å²) in [5.41, 5.74) is 0.958. The Hall–Kier alpha value is -2.21. The van der Waals surface area contributed by atoms with Crippen LogP contribution in [0.4, 0.5) is 5.69 Å². The molecule has 3 aromatic rings. The fourth-order valence-electron chi connectivity index (χ4n) is 4.01. The SMILES string of the molecule is CC(C)n1c(=O)sc2cc(S(=O)(=O)Nc3ccc(S(=O)(=O)N4CCCCCC4)cc3)ccc21. The van der Waals surface area contributed by atoms with Crippen molar-refractivity contribution in [1.82, 2.24) is 8.87 Å². The van der Waals surface area contributed by atoms with Crippen LogP contribution in [0.1, 0.15) is 45.6 Å². The van der Waals surface area contributed by atoms with Gasteiger partial charge < -0.3 is 0 Å². The van der Waals surface area contributed by atoms with Crippen LogP contribution >= 0.6 is 11.3 Å². The van der Waals surface area contributed by atoms with Crippen molar-refractivity contribution >= 4 is 47.3 Å². The van der Waals surface area contributed by atoms with Gasteiger partial charge in [-0.15, -0.1) is 0 Å². The maximum absolute atomic E-state index is 12.9. The first-order valence-electron chi connectivity index (χ1n) is 10.9. The molecule has 178 valence electrons. The molecule has 1 aliphatic rings. The number of hydrogen-bond acceptors (Lipinski definition) is 6. The van der Waals surface area contributed by atoms with E-state index in [-0.39, 0.29) is 26.4 Å². The Morgan fingerprint density at radius 2 is 1.48 bits per heavy atom. The molecule has 0 saturated carbocycles. The molecule has 1 saturated heterocycles. The minimum absolute atomic E-state index is 0.0315.